The first-order chi connectivity index (χ1) is 14.2. The fraction of sp³-hybridized carbons (Fsp3) is 0.167. The lowest BCUT2D eigenvalue weighted by Gasteiger charge is -2.34. The molecule has 0 spiro atoms. The third kappa shape index (κ3) is 3.71. The van der Waals surface area contributed by atoms with E-state index >= 15 is 0 Å². The Bertz CT molecular complexity index is 892. The van der Waals surface area contributed by atoms with Crippen LogP contribution in [-0.2, 0) is 23.8 Å². The summed E-state index contributed by atoms with van der Waals surface area (Å²) in [6, 6.07) is 29.8. The zero-order chi connectivity index (χ0) is 20.3. The van der Waals surface area contributed by atoms with Crippen LogP contribution in [-0.4, -0.2) is 30.4 Å². The number of epoxide rings is 1. The minimum Gasteiger partial charge on any atom is -0.467 e. The Morgan fingerprint density at radius 3 is 1.55 bits per heavy atom. The van der Waals surface area contributed by atoms with Gasteiger partial charge in [-0.2, -0.15) is 0 Å². The molecule has 1 aliphatic heterocycles. The third-order valence-electron chi connectivity index (χ3n) is 4.95. The van der Waals surface area contributed by atoms with Crippen molar-refractivity contribution in [3.63, 3.8) is 0 Å². The van der Waals surface area contributed by atoms with Gasteiger partial charge in [0, 0.05) is 0 Å². The Morgan fingerprint density at radius 2 is 1.17 bits per heavy atom. The number of esters is 1. The predicted molar refractivity (Wildman–Crippen MR) is 112 cm³/mol. The van der Waals surface area contributed by atoms with Crippen molar-refractivity contribution in [3.8, 4) is 0 Å². The largest absolute Gasteiger partial charge is 0.467 e. The molecule has 0 aromatic heterocycles. The van der Waals surface area contributed by atoms with Crippen molar-refractivity contribution in [2.24, 2.45) is 0 Å². The van der Waals surface area contributed by atoms with E-state index < -0.39 is 22.9 Å². The number of rotatable bonds is 6. The highest BCUT2D eigenvalue weighted by Crippen LogP contribution is 2.50. The molecule has 0 aliphatic carbocycles. The predicted octanol–water partition coefficient (Wildman–Crippen LogP) is 4.18. The molecule has 3 aromatic rings. The van der Waals surface area contributed by atoms with Crippen LogP contribution in [0.25, 0.3) is 0 Å². The fourth-order valence-corrected chi connectivity index (χ4v) is 4.85. The van der Waals surface area contributed by atoms with E-state index in [4.69, 9.17) is 9.47 Å². The van der Waals surface area contributed by atoms with E-state index in [1.54, 1.807) is 0 Å². The molecule has 0 saturated carbocycles. The second kappa shape index (κ2) is 8.23. The average molecular weight is 404 g/mol. The van der Waals surface area contributed by atoms with Crippen LogP contribution in [0.2, 0.25) is 0 Å². The van der Waals surface area contributed by atoms with Crippen LogP contribution in [0, 0.1) is 0 Å². The normalized spacial score (nSPS) is 18.1. The van der Waals surface area contributed by atoms with Crippen LogP contribution in [0.4, 0.5) is 0 Å². The SMILES string of the molecule is COC(=O)C1OC1C(=O)SC(c1ccccc1)(c1ccccc1)c1ccccc1. The minimum atomic E-state index is -0.819. The van der Waals surface area contributed by atoms with Crippen LogP contribution in [0.3, 0.4) is 0 Å². The maximum Gasteiger partial charge on any atom is 0.338 e. The van der Waals surface area contributed by atoms with E-state index in [2.05, 4.69) is 0 Å². The van der Waals surface area contributed by atoms with Crippen LogP contribution in [0.5, 0.6) is 0 Å². The molecule has 29 heavy (non-hydrogen) atoms. The van der Waals surface area contributed by atoms with Crippen molar-refractivity contribution < 1.29 is 19.1 Å². The molecule has 0 amide bonds. The first kappa shape index (κ1) is 19.4. The van der Waals surface area contributed by atoms with Crippen molar-refractivity contribution in [2.75, 3.05) is 7.11 Å². The minimum absolute atomic E-state index is 0.197. The van der Waals surface area contributed by atoms with Gasteiger partial charge in [0.1, 0.15) is 0 Å². The van der Waals surface area contributed by atoms with Crippen LogP contribution in [0.1, 0.15) is 16.7 Å². The quantitative estimate of drug-likeness (QED) is 0.350. The first-order valence-electron chi connectivity index (χ1n) is 9.29. The van der Waals surface area contributed by atoms with Gasteiger partial charge in [0.05, 0.1) is 11.9 Å². The van der Waals surface area contributed by atoms with E-state index in [1.807, 2.05) is 91.0 Å². The molecule has 4 rings (SSSR count). The van der Waals surface area contributed by atoms with Gasteiger partial charge in [0.15, 0.2) is 12.2 Å². The zero-order valence-electron chi connectivity index (χ0n) is 15.9. The van der Waals surface area contributed by atoms with Crippen LogP contribution < -0.4 is 0 Å². The second-order valence-electron chi connectivity index (χ2n) is 6.70. The monoisotopic (exact) mass is 404 g/mol. The number of hydrogen-bond donors (Lipinski definition) is 0. The summed E-state index contributed by atoms with van der Waals surface area (Å²) in [6.45, 7) is 0. The van der Waals surface area contributed by atoms with Crippen molar-refractivity contribution in [2.45, 2.75) is 17.0 Å². The molecule has 0 N–H and O–H groups in total. The van der Waals surface area contributed by atoms with Gasteiger partial charge in [-0.05, 0) is 16.7 Å². The van der Waals surface area contributed by atoms with Gasteiger partial charge in [-0.1, -0.05) is 103 Å². The molecule has 1 saturated heterocycles. The Hall–Kier alpha value is -2.89. The number of methoxy groups -OCH3 is 1. The number of carbonyl (C=O) groups excluding carboxylic acids is 2. The summed E-state index contributed by atoms with van der Waals surface area (Å²) in [4.78, 5) is 25.0. The highest BCUT2D eigenvalue weighted by atomic mass is 32.2. The molecule has 1 aliphatic rings. The lowest BCUT2D eigenvalue weighted by Crippen LogP contribution is -2.29. The fourth-order valence-electron chi connectivity index (χ4n) is 3.49. The Kier molecular flexibility index (Phi) is 5.51. The number of ether oxygens (including phenoxy) is 2. The highest BCUT2D eigenvalue weighted by molar-refractivity contribution is 8.14. The van der Waals surface area contributed by atoms with Gasteiger partial charge in [-0.3, -0.25) is 4.79 Å². The molecule has 2 atom stereocenters. The van der Waals surface area contributed by atoms with Crippen molar-refractivity contribution in [1.29, 1.82) is 0 Å². The zero-order valence-corrected chi connectivity index (χ0v) is 16.7. The smallest absolute Gasteiger partial charge is 0.338 e. The number of hydrogen-bond acceptors (Lipinski definition) is 5. The number of thioether (sulfide) groups is 1. The molecular formula is C24H20O4S. The van der Waals surface area contributed by atoms with E-state index in [0.717, 1.165) is 16.7 Å². The lowest BCUT2D eigenvalue weighted by atomic mass is 9.84. The Morgan fingerprint density at radius 1 is 0.759 bits per heavy atom. The molecule has 3 aromatic carbocycles. The first-order valence-corrected chi connectivity index (χ1v) is 10.1. The highest BCUT2D eigenvalue weighted by Gasteiger charge is 2.54. The van der Waals surface area contributed by atoms with Gasteiger partial charge in [0.25, 0.3) is 0 Å². The summed E-state index contributed by atoms with van der Waals surface area (Å²) >= 11 is 1.18. The summed E-state index contributed by atoms with van der Waals surface area (Å²) in [5.74, 6) is -0.520. The second-order valence-corrected chi connectivity index (χ2v) is 7.92. The standard InChI is InChI=1S/C24H20O4S/c1-27-22(25)20-21(28-20)23(26)29-24(17-11-5-2-6-12-17,18-13-7-3-8-14-18)19-15-9-4-10-16-19/h2-16,20-21H,1H3. The van der Waals surface area contributed by atoms with E-state index in [1.165, 1.54) is 18.9 Å². The van der Waals surface area contributed by atoms with Crippen molar-refractivity contribution in [1.82, 2.24) is 0 Å². The molecule has 1 heterocycles. The van der Waals surface area contributed by atoms with Gasteiger partial charge in [-0.15, -0.1) is 0 Å². The summed E-state index contributed by atoms with van der Waals surface area (Å²) < 4.78 is 9.28. The van der Waals surface area contributed by atoms with Gasteiger partial charge in [-0.25, -0.2) is 4.79 Å². The van der Waals surface area contributed by atoms with Crippen LogP contribution in [0.15, 0.2) is 91.0 Å². The molecule has 5 heteroatoms. The maximum absolute atomic E-state index is 13.2. The molecule has 2 unspecified atom stereocenters. The van der Waals surface area contributed by atoms with E-state index in [0.29, 0.717) is 0 Å². The Labute approximate surface area is 173 Å². The number of benzene rings is 3. The molecule has 0 radical (unpaired) electrons. The molecule has 4 nitrogen and oxygen atoms in total. The Balaban J connectivity index is 1.83. The van der Waals surface area contributed by atoms with Gasteiger partial charge >= 0.3 is 5.97 Å². The summed E-state index contributed by atoms with van der Waals surface area (Å²) in [5.41, 5.74) is 2.93. The summed E-state index contributed by atoms with van der Waals surface area (Å²) in [7, 11) is 1.29. The molecule has 1 fully saturated rings. The van der Waals surface area contributed by atoms with Crippen molar-refractivity contribution in [3.05, 3.63) is 108 Å². The summed E-state index contributed by atoms with van der Waals surface area (Å²) in [6.07, 6.45) is -1.61. The van der Waals surface area contributed by atoms with Gasteiger partial charge < -0.3 is 9.47 Å². The van der Waals surface area contributed by atoms with Crippen LogP contribution >= 0.6 is 11.8 Å². The average Bonchev–Trinajstić information content (AvgIpc) is 3.60. The third-order valence-corrected chi connectivity index (χ3v) is 6.40. The topological polar surface area (TPSA) is 55.9 Å². The lowest BCUT2D eigenvalue weighted by molar-refractivity contribution is -0.142. The van der Waals surface area contributed by atoms with E-state index in [9.17, 15) is 9.59 Å². The summed E-state index contributed by atoms with van der Waals surface area (Å²) in [5, 5.41) is -0.197. The van der Waals surface area contributed by atoms with Gasteiger partial charge in [0.2, 0.25) is 5.12 Å². The molecule has 0 bridgehead atoms. The molecule has 146 valence electrons. The number of carbonyl (C=O) groups is 2. The van der Waals surface area contributed by atoms with E-state index in [-0.39, 0.29) is 5.12 Å². The molecular weight excluding hydrogens is 384 g/mol. The maximum atomic E-state index is 13.2. The van der Waals surface area contributed by atoms with Crippen molar-refractivity contribution >= 4 is 22.8 Å².